The fourth-order valence-corrected chi connectivity index (χ4v) is 3.35. The lowest BCUT2D eigenvalue weighted by Gasteiger charge is -2.15. The number of nitrogens with zero attached hydrogens (tertiary/aromatic N) is 4. The number of amides is 1. The highest BCUT2D eigenvalue weighted by atomic mass is 16.3. The van der Waals surface area contributed by atoms with Gasteiger partial charge in [0, 0.05) is 55.8 Å². The van der Waals surface area contributed by atoms with Crippen LogP contribution in [0.4, 0.5) is 0 Å². The van der Waals surface area contributed by atoms with Gasteiger partial charge in [0.15, 0.2) is 0 Å². The number of aromatic nitrogens is 3. The van der Waals surface area contributed by atoms with Gasteiger partial charge < -0.3 is 14.4 Å². The second-order valence-corrected chi connectivity index (χ2v) is 6.11. The molecule has 6 heteroatoms. The molecule has 6 nitrogen and oxygen atoms in total. The SMILES string of the molecule is O=C(c1cn2ccccc2n1)N1CC(CO)C(c2ccccn2)C1. The number of rotatable bonds is 3. The first-order valence-electron chi connectivity index (χ1n) is 8.01. The molecule has 0 bridgehead atoms. The summed E-state index contributed by atoms with van der Waals surface area (Å²) >= 11 is 0. The standard InChI is InChI=1S/C18H18N4O2/c23-12-13-9-22(10-14(13)15-5-1-3-7-19-15)18(24)16-11-21-8-4-2-6-17(21)20-16/h1-8,11,13-14,23H,9-10,12H2. The summed E-state index contributed by atoms with van der Waals surface area (Å²) in [5, 5.41) is 9.70. The third kappa shape index (κ3) is 2.55. The fourth-order valence-electron chi connectivity index (χ4n) is 3.35. The van der Waals surface area contributed by atoms with Crippen LogP contribution in [-0.2, 0) is 0 Å². The number of imidazole rings is 1. The molecule has 3 aromatic rings. The summed E-state index contributed by atoms with van der Waals surface area (Å²) < 4.78 is 1.84. The Balaban J connectivity index is 1.59. The van der Waals surface area contributed by atoms with Crippen LogP contribution >= 0.6 is 0 Å². The van der Waals surface area contributed by atoms with E-state index in [1.165, 1.54) is 0 Å². The molecule has 0 spiro atoms. The number of likely N-dealkylation sites (tertiary alicyclic amines) is 1. The van der Waals surface area contributed by atoms with Gasteiger partial charge in [0.05, 0.1) is 0 Å². The molecule has 122 valence electrons. The average Bonchev–Trinajstić information content (AvgIpc) is 3.26. The van der Waals surface area contributed by atoms with E-state index >= 15 is 0 Å². The Morgan fingerprint density at radius 1 is 1.21 bits per heavy atom. The molecule has 24 heavy (non-hydrogen) atoms. The molecular formula is C18H18N4O2. The largest absolute Gasteiger partial charge is 0.396 e. The Bertz CT molecular complexity index is 829. The van der Waals surface area contributed by atoms with Gasteiger partial charge in [0.1, 0.15) is 11.3 Å². The lowest BCUT2D eigenvalue weighted by molar-refractivity contribution is 0.0776. The van der Waals surface area contributed by atoms with E-state index in [1.807, 2.05) is 47.0 Å². The van der Waals surface area contributed by atoms with Crippen molar-refractivity contribution >= 4 is 11.6 Å². The first kappa shape index (κ1) is 14.8. The molecule has 4 heterocycles. The summed E-state index contributed by atoms with van der Waals surface area (Å²) in [5.74, 6) is -0.0476. The van der Waals surface area contributed by atoms with Crippen molar-refractivity contribution in [3.63, 3.8) is 0 Å². The van der Waals surface area contributed by atoms with E-state index < -0.39 is 0 Å². The summed E-state index contributed by atoms with van der Waals surface area (Å²) in [5.41, 5.74) is 2.10. The van der Waals surface area contributed by atoms with Gasteiger partial charge in [-0.3, -0.25) is 9.78 Å². The first-order valence-corrected chi connectivity index (χ1v) is 8.01. The number of aliphatic hydroxyl groups is 1. The molecule has 0 saturated carbocycles. The molecule has 0 aromatic carbocycles. The van der Waals surface area contributed by atoms with Gasteiger partial charge in [-0.15, -0.1) is 0 Å². The lowest BCUT2D eigenvalue weighted by Crippen LogP contribution is -2.29. The van der Waals surface area contributed by atoms with Gasteiger partial charge >= 0.3 is 0 Å². The molecule has 0 aliphatic carbocycles. The molecule has 1 aliphatic heterocycles. The Kier molecular flexibility index (Phi) is 3.74. The molecule has 3 aromatic heterocycles. The first-order chi connectivity index (χ1) is 11.8. The van der Waals surface area contributed by atoms with Crippen molar-refractivity contribution < 1.29 is 9.90 Å². The summed E-state index contributed by atoms with van der Waals surface area (Å²) in [6.07, 6.45) is 5.37. The summed E-state index contributed by atoms with van der Waals surface area (Å²) in [6, 6.07) is 11.4. The van der Waals surface area contributed by atoms with Crippen LogP contribution < -0.4 is 0 Å². The Hall–Kier alpha value is -2.73. The molecule has 1 saturated heterocycles. The van der Waals surface area contributed by atoms with Crippen molar-refractivity contribution in [3.05, 3.63) is 66.4 Å². The number of carbonyl (C=O) groups excluding carboxylic acids is 1. The molecule has 1 N–H and O–H groups in total. The molecule has 1 amide bonds. The number of hydrogen-bond acceptors (Lipinski definition) is 4. The van der Waals surface area contributed by atoms with E-state index in [0.717, 1.165) is 11.3 Å². The van der Waals surface area contributed by atoms with E-state index in [0.29, 0.717) is 18.8 Å². The van der Waals surface area contributed by atoms with Crippen LogP contribution in [-0.4, -0.2) is 50.0 Å². The highest BCUT2D eigenvalue weighted by molar-refractivity contribution is 5.93. The zero-order valence-corrected chi connectivity index (χ0v) is 13.1. The van der Waals surface area contributed by atoms with Crippen molar-refractivity contribution in [2.24, 2.45) is 5.92 Å². The quantitative estimate of drug-likeness (QED) is 0.795. The highest BCUT2D eigenvalue weighted by Gasteiger charge is 2.37. The fraction of sp³-hybridized carbons (Fsp3) is 0.278. The molecule has 2 atom stereocenters. The van der Waals surface area contributed by atoms with Crippen LogP contribution in [0.25, 0.3) is 5.65 Å². The Morgan fingerprint density at radius 3 is 2.83 bits per heavy atom. The van der Waals surface area contributed by atoms with Crippen LogP contribution in [0.5, 0.6) is 0 Å². The predicted molar refractivity (Wildman–Crippen MR) is 88.6 cm³/mol. The van der Waals surface area contributed by atoms with Crippen molar-refractivity contribution in [2.45, 2.75) is 5.92 Å². The third-order valence-electron chi connectivity index (χ3n) is 4.61. The van der Waals surface area contributed by atoms with Crippen molar-refractivity contribution in [3.8, 4) is 0 Å². The van der Waals surface area contributed by atoms with Gasteiger partial charge in [0.2, 0.25) is 0 Å². The van der Waals surface area contributed by atoms with E-state index in [9.17, 15) is 9.90 Å². The normalized spacial score (nSPS) is 20.6. The highest BCUT2D eigenvalue weighted by Crippen LogP contribution is 2.32. The van der Waals surface area contributed by atoms with E-state index in [-0.39, 0.29) is 24.3 Å². The van der Waals surface area contributed by atoms with Gasteiger partial charge in [-0.2, -0.15) is 0 Å². The van der Waals surface area contributed by atoms with E-state index in [1.54, 1.807) is 17.3 Å². The number of pyridine rings is 2. The predicted octanol–water partition coefficient (Wildman–Crippen LogP) is 1.58. The number of carbonyl (C=O) groups is 1. The van der Waals surface area contributed by atoms with Crippen LogP contribution in [0.15, 0.2) is 55.0 Å². The zero-order chi connectivity index (χ0) is 16.5. The smallest absolute Gasteiger partial charge is 0.274 e. The zero-order valence-electron chi connectivity index (χ0n) is 13.1. The molecule has 2 unspecified atom stereocenters. The molecule has 4 rings (SSSR count). The van der Waals surface area contributed by atoms with Gasteiger partial charge in [-0.05, 0) is 24.3 Å². The maximum atomic E-state index is 12.8. The average molecular weight is 322 g/mol. The minimum absolute atomic E-state index is 0.000816. The monoisotopic (exact) mass is 322 g/mol. The molecule has 0 radical (unpaired) electrons. The van der Waals surface area contributed by atoms with E-state index in [4.69, 9.17) is 0 Å². The van der Waals surface area contributed by atoms with Gasteiger partial charge in [0.25, 0.3) is 5.91 Å². The van der Waals surface area contributed by atoms with Crippen molar-refractivity contribution in [1.29, 1.82) is 0 Å². The van der Waals surface area contributed by atoms with Crippen LogP contribution in [0.1, 0.15) is 22.1 Å². The molecular weight excluding hydrogens is 304 g/mol. The van der Waals surface area contributed by atoms with Crippen LogP contribution in [0.2, 0.25) is 0 Å². The minimum atomic E-state index is -0.101. The Morgan fingerprint density at radius 2 is 2.08 bits per heavy atom. The maximum Gasteiger partial charge on any atom is 0.274 e. The lowest BCUT2D eigenvalue weighted by atomic mass is 9.93. The maximum absolute atomic E-state index is 12.8. The third-order valence-corrected chi connectivity index (χ3v) is 4.61. The number of aliphatic hydroxyl groups excluding tert-OH is 1. The van der Waals surface area contributed by atoms with E-state index in [2.05, 4.69) is 9.97 Å². The summed E-state index contributed by atoms with van der Waals surface area (Å²) in [7, 11) is 0. The van der Waals surface area contributed by atoms with Crippen LogP contribution in [0, 0.1) is 5.92 Å². The molecule has 1 fully saturated rings. The summed E-state index contributed by atoms with van der Waals surface area (Å²) in [6.45, 7) is 1.11. The second kappa shape index (κ2) is 6.05. The van der Waals surface area contributed by atoms with Gasteiger partial charge in [-0.1, -0.05) is 12.1 Å². The Labute approximate surface area is 139 Å². The summed E-state index contributed by atoms with van der Waals surface area (Å²) in [4.78, 5) is 23.4. The molecule has 1 aliphatic rings. The topological polar surface area (TPSA) is 70.7 Å². The van der Waals surface area contributed by atoms with Crippen LogP contribution in [0.3, 0.4) is 0 Å². The van der Waals surface area contributed by atoms with Crippen molar-refractivity contribution in [1.82, 2.24) is 19.3 Å². The van der Waals surface area contributed by atoms with Gasteiger partial charge in [-0.25, -0.2) is 4.98 Å². The number of hydrogen-bond donors (Lipinski definition) is 1. The number of fused-ring (bicyclic) bond motifs is 1. The minimum Gasteiger partial charge on any atom is -0.396 e. The second-order valence-electron chi connectivity index (χ2n) is 6.11. The van der Waals surface area contributed by atoms with Crippen molar-refractivity contribution in [2.75, 3.05) is 19.7 Å².